The predicted molar refractivity (Wildman–Crippen MR) is 133 cm³/mol. The van der Waals surface area contributed by atoms with Crippen molar-refractivity contribution in [3.63, 3.8) is 0 Å². The van der Waals surface area contributed by atoms with Crippen molar-refractivity contribution >= 4 is 11.9 Å². The molecule has 0 aliphatic heterocycles. The molecule has 2 N–H and O–H groups in total. The van der Waals surface area contributed by atoms with E-state index in [1.54, 1.807) is 0 Å². The average Bonchev–Trinajstić information content (AvgIpc) is 2.82. The number of benzene rings is 2. The molecule has 2 aromatic rings. The highest BCUT2D eigenvalue weighted by atomic mass is 16.5. The second-order valence-electron chi connectivity index (χ2n) is 8.76. The first kappa shape index (κ1) is 26.6. The molecular weight excluding hydrogens is 414 g/mol. The number of nitrogens with one attached hydrogen (secondary N) is 1. The minimum Gasteiger partial charge on any atom is -0.481 e. The molecule has 180 valence electrons. The van der Waals surface area contributed by atoms with E-state index in [4.69, 9.17) is 4.74 Å². The van der Waals surface area contributed by atoms with Crippen molar-refractivity contribution in [2.45, 2.75) is 71.3 Å². The molecule has 5 nitrogen and oxygen atoms in total. The number of carbonyl (C=O) groups is 2. The number of hydrogen-bond donors (Lipinski definition) is 2. The molecular formula is C28H39NO4. The lowest BCUT2D eigenvalue weighted by Crippen LogP contribution is -2.50. The molecule has 0 saturated carbocycles. The minimum atomic E-state index is -0.819. The van der Waals surface area contributed by atoms with Gasteiger partial charge in [0.15, 0.2) is 0 Å². The van der Waals surface area contributed by atoms with Crippen LogP contribution in [0, 0.1) is 5.92 Å². The summed E-state index contributed by atoms with van der Waals surface area (Å²) in [7, 11) is 0. The molecule has 0 amide bonds. The van der Waals surface area contributed by atoms with Crippen molar-refractivity contribution in [1.82, 2.24) is 5.32 Å². The van der Waals surface area contributed by atoms with Crippen LogP contribution >= 0.6 is 0 Å². The number of carboxylic acid groups (broad SMARTS) is 1. The molecule has 1 unspecified atom stereocenters. The third kappa shape index (κ3) is 8.65. The van der Waals surface area contributed by atoms with Gasteiger partial charge in [-0.2, -0.15) is 0 Å². The third-order valence-corrected chi connectivity index (χ3v) is 6.20. The van der Waals surface area contributed by atoms with Gasteiger partial charge in [0.1, 0.15) is 0 Å². The highest BCUT2D eigenvalue weighted by Gasteiger charge is 2.35. The molecule has 0 saturated heterocycles. The van der Waals surface area contributed by atoms with E-state index in [0.717, 1.165) is 36.1 Å². The molecule has 2 atom stereocenters. The van der Waals surface area contributed by atoms with Crippen molar-refractivity contribution < 1.29 is 19.4 Å². The summed E-state index contributed by atoms with van der Waals surface area (Å²) in [6, 6.07) is 18.7. The van der Waals surface area contributed by atoms with Crippen LogP contribution < -0.4 is 5.32 Å². The van der Waals surface area contributed by atoms with Gasteiger partial charge in [0.25, 0.3) is 0 Å². The van der Waals surface area contributed by atoms with E-state index < -0.39 is 11.5 Å². The smallest absolute Gasteiger partial charge is 0.308 e. The number of hydrogen-bond acceptors (Lipinski definition) is 4. The van der Waals surface area contributed by atoms with E-state index in [0.29, 0.717) is 32.3 Å². The Morgan fingerprint density at radius 2 is 1.67 bits per heavy atom. The Labute approximate surface area is 198 Å². The van der Waals surface area contributed by atoms with Crippen LogP contribution in [0.2, 0.25) is 0 Å². The molecule has 2 rings (SSSR count). The zero-order valence-electron chi connectivity index (χ0n) is 20.3. The monoisotopic (exact) mass is 453 g/mol. The highest BCUT2D eigenvalue weighted by molar-refractivity contribution is 5.72. The number of carbonyl (C=O) groups excluding carboxylic acids is 1. The van der Waals surface area contributed by atoms with Crippen LogP contribution in [0.25, 0.3) is 11.1 Å². The summed E-state index contributed by atoms with van der Waals surface area (Å²) in [4.78, 5) is 24.1. The Bertz CT molecular complexity index is 850. The van der Waals surface area contributed by atoms with Gasteiger partial charge in [0, 0.05) is 12.0 Å². The van der Waals surface area contributed by atoms with Crippen molar-refractivity contribution in [1.29, 1.82) is 0 Å². The van der Waals surface area contributed by atoms with Crippen LogP contribution in [0.4, 0.5) is 0 Å². The van der Waals surface area contributed by atoms with Crippen LogP contribution in [0.1, 0.15) is 64.9 Å². The van der Waals surface area contributed by atoms with Gasteiger partial charge in [0.05, 0.1) is 12.5 Å². The number of ether oxygens (including phenoxy) is 1. The molecule has 0 aliphatic carbocycles. The molecule has 0 aromatic heterocycles. The van der Waals surface area contributed by atoms with Gasteiger partial charge in [-0.25, -0.2) is 0 Å². The van der Waals surface area contributed by atoms with Crippen molar-refractivity contribution in [2.24, 2.45) is 5.92 Å². The van der Waals surface area contributed by atoms with Gasteiger partial charge >= 0.3 is 11.9 Å². The topological polar surface area (TPSA) is 75.6 Å². The third-order valence-electron chi connectivity index (χ3n) is 6.20. The van der Waals surface area contributed by atoms with Gasteiger partial charge in [-0.05, 0) is 62.3 Å². The van der Waals surface area contributed by atoms with Crippen LogP contribution in [0.5, 0.6) is 0 Å². The quantitative estimate of drug-likeness (QED) is 0.261. The predicted octanol–water partition coefficient (Wildman–Crippen LogP) is 5.87. The molecule has 0 aliphatic rings. The van der Waals surface area contributed by atoms with E-state index in [1.165, 1.54) is 0 Å². The molecule has 2 aromatic carbocycles. The summed E-state index contributed by atoms with van der Waals surface area (Å²) in [6.07, 6.45) is 4.44. The fourth-order valence-corrected chi connectivity index (χ4v) is 4.32. The largest absolute Gasteiger partial charge is 0.481 e. The molecule has 33 heavy (non-hydrogen) atoms. The van der Waals surface area contributed by atoms with Crippen LogP contribution in [0.3, 0.4) is 0 Å². The lowest BCUT2D eigenvalue weighted by Gasteiger charge is -2.38. The first-order valence-electron chi connectivity index (χ1n) is 12.2. The van der Waals surface area contributed by atoms with E-state index in [2.05, 4.69) is 48.6 Å². The van der Waals surface area contributed by atoms with Crippen LogP contribution in [0.15, 0.2) is 54.6 Å². The number of carboxylic acids is 1. The maximum absolute atomic E-state index is 12.6. The maximum atomic E-state index is 12.6. The highest BCUT2D eigenvalue weighted by Crippen LogP contribution is 2.31. The first-order chi connectivity index (χ1) is 15.9. The molecule has 5 heteroatoms. The second kappa shape index (κ2) is 13.8. The zero-order valence-corrected chi connectivity index (χ0v) is 20.3. The van der Waals surface area contributed by atoms with Crippen LogP contribution in [-0.2, 0) is 20.7 Å². The number of unbranched alkanes of at least 4 members (excludes halogenated alkanes) is 1. The van der Waals surface area contributed by atoms with Gasteiger partial charge in [-0.15, -0.1) is 0 Å². The molecule has 0 bridgehead atoms. The van der Waals surface area contributed by atoms with E-state index in [-0.39, 0.29) is 18.3 Å². The Kier molecular flexibility index (Phi) is 11.1. The van der Waals surface area contributed by atoms with Gasteiger partial charge in [-0.3, -0.25) is 9.59 Å². The van der Waals surface area contributed by atoms with Gasteiger partial charge < -0.3 is 15.2 Å². The van der Waals surface area contributed by atoms with Crippen molar-refractivity contribution in [3.05, 3.63) is 60.2 Å². The minimum absolute atomic E-state index is 0.0560. The summed E-state index contributed by atoms with van der Waals surface area (Å²) >= 11 is 0. The van der Waals surface area contributed by atoms with Gasteiger partial charge in [-0.1, -0.05) is 74.9 Å². The summed E-state index contributed by atoms with van der Waals surface area (Å²) in [5, 5.41) is 13.1. The standard InChI is InChI=1S/C28H39NO4/c1-4-7-19-29-28(18-17-26(30)31,21-23(5-2)27(32)33-6-3)20-22-13-15-25(16-14-22)24-11-9-8-10-12-24/h8-16,23,29H,4-7,17-21H2,1-3H3,(H,30,31)/t23?,28-/m1/s1. The summed E-state index contributed by atoms with van der Waals surface area (Å²) in [5.74, 6) is -1.28. The molecule has 0 heterocycles. The number of rotatable bonds is 15. The lowest BCUT2D eigenvalue weighted by molar-refractivity contribution is -0.149. The molecule has 0 spiro atoms. The van der Waals surface area contributed by atoms with E-state index >= 15 is 0 Å². The summed E-state index contributed by atoms with van der Waals surface area (Å²) in [6.45, 7) is 7.08. The van der Waals surface area contributed by atoms with E-state index in [1.807, 2.05) is 32.0 Å². The second-order valence-corrected chi connectivity index (χ2v) is 8.76. The first-order valence-corrected chi connectivity index (χ1v) is 12.2. The maximum Gasteiger partial charge on any atom is 0.308 e. The molecule has 0 fully saturated rings. The van der Waals surface area contributed by atoms with Crippen LogP contribution in [-0.4, -0.2) is 35.7 Å². The average molecular weight is 454 g/mol. The Morgan fingerprint density at radius 3 is 2.24 bits per heavy atom. The Balaban J connectivity index is 2.33. The zero-order chi connectivity index (χ0) is 24.1. The fraction of sp³-hybridized carbons (Fsp3) is 0.500. The lowest BCUT2D eigenvalue weighted by atomic mass is 9.77. The Morgan fingerprint density at radius 1 is 1.00 bits per heavy atom. The number of aliphatic carboxylic acids is 1. The van der Waals surface area contributed by atoms with Crippen molar-refractivity contribution in [2.75, 3.05) is 13.2 Å². The SMILES string of the molecule is CCCCN[C@](CCC(=O)O)(Cc1ccc(-c2ccccc2)cc1)CC(CC)C(=O)OCC. The number of esters is 1. The Hall–Kier alpha value is -2.66. The summed E-state index contributed by atoms with van der Waals surface area (Å²) < 4.78 is 5.32. The summed E-state index contributed by atoms with van der Waals surface area (Å²) in [5.41, 5.74) is 2.95. The fourth-order valence-electron chi connectivity index (χ4n) is 4.32. The van der Waals surface area contributed by atoms with Crippen molar-refractivity contribution in [3.8, 4) is 11.1 Å². The normalized spacial score (nSPS) is 13.8. The van der Waals surface area contributed by atoms with E-state index in [9.17, 15) is 14.7 Å². The van der Waals surface area contributed by atoms with Gasteiger partial charge in [0.2, 0.25) is 0 Å². The molecule has 0 radical (unpaired) electrons.